The fourth-order valence-corrected chi connectivity index (χ4v) is 4.79. The third-order valence-corrected chi connectivity index (χ3v) is 6.50. The molecule has 0 fully saturated rings. The van der Waals surface area contributed by atoms with Gasteiger partial charge >= 0.3 is 0 Å². The zero-order chi connectivity index (χ0) is 21.2. The fourth-order valence-electron chi connectivity index (χ4n) is 3.22. The molecule has 3 aromatic rings. The number of aryl methyl sites for hydroxylation is 3. The van der Waals surface area contributed by atoms with Crippen molar-refractivity contribution in [2.45, 2.75) is 37.1 Å². The average Bonchev–Trinajstić information content (AvgIpc) is 2.65. The SMILES string of the molecule is Cc1cccc(NC(=O)Cn2c(C)cc(C)c(S(=O)(=O)c3ccccc3)c2=O)c1. The van der Waals surface area contributed by atoms with E-state index in [0.717, 1.165) is 5.56 Å². The number of aromatic nitrogens is 1. The Morgan fingerprint density at radius 1 is 0.966 bits per heavy atom. The van der Waals surface area contributed by atoms with Gasteiger partial charge in [-0.05, 0) is 62.2 Å². The molecule has 0 spiro atoms. The second-order valence-electron chi connectivity index (χ2n) is 6.92. The molecule has 0 aliphatic heterocycles. The quantitative estimate of drug-likeness (QED) is 0.700. The molecule has 3 rings (SSSR count). The first-order chi connectivity index (χ1) is 13.7. The van der Waals surface area contributed by atoms with Gasteiger partial charge in [-0.1, -0.05) is 30.3 Å². The molecule has 0 bridgehead atoms. The van der Waals surface area contributed by atoms with E-state index in [1.165, 1.54) is 16.7 Å². The van der Waals surface area contributed by atoms with E-state index in [2.05, 4.69) is 5.32 Å². The molecule has 7 heteroatoms. The van der Waals surface area contributed by atoms with E-state index < -0.39 is 21.3 Å². The number of sulfone groups is 1. The van der Waals surface area contributed by atoms with Gasteiger partial charge in [0.25, 0.3) is 5.56 Å². The van der Waals surface area contributed by atoms with Crippen LogP contribution in [0.4, 0.5) is 5.69 Å². The Morgan fingerprint density at radius 3 is 2.31 bits per heavy atom. The Morgan fingerprint density at radius 2 is 1.66 bits per heavy atom. The van der Waals surface area contributed by atoms with Gasteiger partial charge < -0.3 is 9.88 Å². The molecule has 1 heterocycles. The lowest BCUT2D eigenvalue weighted by molar-refractivity contribution is -0.116. The molecule has 0 saturated carbocycles. The summed E-state index contributed by atoms with van der Waals surface area (Å²) in [4.78, 5) is 25.3. The zero-order valence-corrected chi connectivity index (χ0v) is 17.3. The Hall–Kier alpha value is -3.19. The van der Waals surface area contributed by atoms with Crippen molar-refractivity contribution in [1.29, 1.82) is 0 Å². The number of pyridine rings is 1. The first kappa shape index (κ1) is 20.5. The summed E-state index contributed by atoms with van der Waals surface area (Å²) >= 11 is 0. The van der Waals surface area contributed by atoms with Gasteiger partial charge in [-0.3, -0.25) is 9.59 Å². The predicted octanol–water partition coefficient (Wildman–Crippen LogP) is 3.25. The zero-order valence-electron chi connectivity index (χ0n) is 16.5. The summed E-state index contributed by atoms with van der Waals surface area (Å²) in [6, 6.07) is 16.7. The highest BCUT2D eigenvalue weighted by Gasteiger charge is 2.26. The van der Waals surface area contributed by atoms with Crippen LogP contribution in [-0.4, -0.2) is 18.9 Å². The lowest BCUT2D eigenvalue weighted by atomic mass is 10.2. The summed E-state index contributed by atoms with van der Waals surface area (Å²) in [6.07, 6.45) is 0. The molecule has 0 radical (unpaired) electrons. The number of nitrogens with one attached hydrogen (secondary N) is 1. The van der Waals surface area contributed by atoms with E-state index in [-0.39, 0.29) is 16.3 Å². The molecule has 2 aromatic carbocycles. The number of amides is 1. The van der Waals surface area contributed by atoms with Gasteiger partial charge in [0.15, 0.2) is 0 Å². The molecule has 29 heavy (non-hydrogen) atoms. The van der Waals surface area contributed by atoms with Crippen molar-refractivity contribution in [3.8, 4) is 0 Å². The molecule has 0 unspecified atom stereocenters. The summed E-state index contributed by atoms with van der Waals surface area (Å²) in [6.45, 7) is 4.88. The minimum absolute atomic E-state index is 0.0415. The molecule has 1 N–H and O–H groups in total. The van der Waals surface area contributed by atoms with Crippen molar-refractivity contribution in [1.82, 2.24) is 4.57 Å². The van der Waals surface area contributed by atoms with Crippen LogP contribution in [0.2, 0.25) is 0 Å². The minimum atomic E-state index is -4.00. The lowest BCUT2D eigenvalue weighted by Crippen LogP contribution is -2.33. The van der Waals surface area contributed by atoms with Gasteiger partial charge in [0.05, 0.1) is 4.90 Å². The van der Waals surface area contributed by atoms with E-state index in [9.17, 15) is 18.0 Å². The standard InChI is InChI=1S/C22H22N2O4S/c1-15-8-7-9-18(12-15)23-20(25)14-24-17(3)13-16(2)21(22(24)26)29(27,28)19-10-5-4-6-11-19/h4-13H,14H2,1-3H3,(H,23,25). The van der Waals surface area contributed by atoms with Crippen LogP contribution in [0, 0.1) is 20.8 Å². The molecular formula is C22H22N2O4S. The average molecular weight is 410 g/mol. The van der Waals surface area contributed by atoms with E-state index in [0.29, 0.717) is 16.9 Å². The maximum Gasteiger partial charge on any atom is 0.270 e. The van der Waals surface area contributed by atoms with Gasteiger partial charge in [-0.25, -0.2) is 8.42 Å². The topological polar surface area (TPSA) is 85.2 Å². The Bertz CT molecular complexity index is 1230. The van der Waals surface area contributed by atoms with Crippen LogP contribution >= 0.6 is 0 Å². The second kappa shape index (κ2) is 8.05. The number of hydrogen-bond donors (Lipinski definition) is 1. The first-order valence-corrected chi connectivity index (χ1v) is 10.6. The Kier molecular flexibility index (Phi) is 5.70. The summed E-state index contributed by atoms with van der Waals surface area (Å²) in [5, 5.41) is 2.74. The van der Waals surface area contributed by atoms with Crippen molar-refractivity contribution in [3.05, 3.63) is 87.8 Å². The third kappa shape index (κ3) is 4.30. The predicted molar refractivity (Wildman–Crippen MR) is 112 cm³/mol. The maximum absolute atomic E-state index is 13.1. The lowest BCUT2D eigenvalue weighted by Gasteiger charge is -2.15. The van der Waals surface area contributed by atoms with Crippen LogP contribution < -0.4 is 10.9 Å². The minimum Gasteiger partial charge on any atom is -0.325 e. The van der Waals surface area contributed by atoms with Crippen molar-refractivity contribution in [2.75, 3.05) is 5.32 Å². The maximum atomic E-state index is 13.1. The molecule has 0 atom stereocenters. The first-order valence-electron chi connectivity index (χ1n) is 9.08. The van der Waals surface area contributed by atoms with Gasteiger partial charge in [-0.15, -0.1) is 0 Å². The number of benzene rings is 2. The van der Waals surface area contributed by atoms with Gasteiger partial charge in [0.2, 0.25) is 15.7 Å². The van der Waals surface area contributed by atoms with E-state index >= 15 is 0 Å². The van der Waals surface area contributed by atoms with Crippen molar-refractivity contribution >= 4 is 21.4 Å². The second-order valence-corrected chi connectivity index (χ2v) is 8.81. The smallest absolute Gasteiger partial charge is 0.270 e. The number of carbonyl (C=O) groups is 1. The fraction of sp³-hybridized carbons (Fsp3) is 0.182. The van der Waals surface area contributed by atoms with E-state index in [1.54, 1.807) is 44.2 Å². The van der Waals surface area contributed by atoms with E-state index in [4.69, 9.17) is 0 Å². The van der Waals surface area contributed by atoms with Crippen LogP contribution in [0.15, 0.2) is 75.2 Å². The number of hydrogen-bond acceptors (Lipinski definition) is 4. The molecule has 0 aliphatic rings. The van der Waals surface area contributed by atoms with Crippen molar-refractivity contribution < 1.29 is 13.2 Å². The molecule has 150 valence electrons. The summed E-state index contributed by atoms with van der Waals surface area (Å²) in [7, 11) is -4.00. The largest absolute Gasteiger partial charge is 0.325 e. The highest BCUT2D eigenvalue weighted by Crippen LogP contribution is 2.21. The summed E-state index contributed by atoms with van der Waals surface area (Å²) in [5.41, 5.74) is 1.77. The highest BCUT2D eigenvalue weighted by atomic mass is 32.2. The molecule has 6 nitrogen and oxygen atoms in total. The van der Waals surface area contributed by atoms with Crippen LogP contribution in [0.5, 0.6) is 0 Å². The summed E-state index contributed by atoms with van der Waals surface area (Å²) < 4.78 is 27.3. The van der Waals surface area contributed by atoms with Crippen LogP contribution in [0.25, 0.3) is 0 Å². The number of rotatable bonds is 5. The number of anilines is 1. The number of nitrogens with zero attached hydrogens (tertiary/aromatic N) is 1. The molecule has 0 aliphatic carbocycles. The molecule has 0 saturated heterocycles. The van der Waals surface area contributed by atoms with Crippen LogP contribution in [0.1, 0.15) is 16.8 Å². The van der Waals surface area contributed by atoms with Gasteiger partial charge in [0, 0.05) is 11.4 Å². The van der Waals surface area contributed by atoms with Crippen LogP contribution in [0.3, 0.4) is 0 Å². The Balaban J connectivity index is 2.00. The normalized spacial score (nSPS) is 11.3. The molecular weight excluding hydrogens is 388 g/mol. The summed E-state index contributed by atoms with van der Waals surface area (Å²) in [5.74, 6) is -0.410. The molecule has 1 amide bonds. The highest BCUT2D eigenvalue weighted by molar-refractivity contribution is 7.91. The van der Waals surface area contributed by atoms with Crippen LogP contribution in [-0.2, 0) is 21.2 Å². The third-order valence-electron chi connectivity index (χ3n) is 4.57. The van der Waals surface area contributed by atoms with Crippen molar-refractivity contribution in [2.24, 2.45) is 0 Å². The van der Waals surface area contributed by atoms with Gasteiger partial charge in [-0.2, -0.15) is 0 Å². The number of carbonyl (C=O) groups excluding carboxylic acids is 1. The van der Waals surface area contributed by atoms with Gasteiger partial charge in [0.1, 0.15) is 11.4 Å². The monoisotopic (exact) mass is 410 g/mol. The molecule has 1 aromatic heterocycles. The Labute approximate surface area is 169 Å². The van der Waals surface area contributed by atoms with E-state index in [1.807, 2.05) is 25.1 Å². The van der Waals surface area contributed by atoms with Crippen molar-refractivity contribution in [3.63, 3.8) is 0 Å².